The highest BCUT2D eigenvalue weighted by atomic mass is 35.5. The highest BCUT2D eigenvalue weighted by Gasteiger charge is 2.27. The Bertz CT molecular complexity index is 424. The molecule has 0 saturated carbocycles. The van der Waals surface area contributed by atoms with Crippen LogP contribution < -0.4 is 4.74 Å². The van der Waals surface area contributed by atoms with E-state index in [2.05, 4.69) is 14.9 Å². The number of hydrogen-bond donors (Lipinski definition) is 0. The Morgan fingerprint density at radius 1 is 1.29 bits per heavy atom. The normalized spacial score (nSPS) is 19.7. The summed E-state index contributed by atoms with van der Waals surface area (Å²) in [7, 11) is 0. The van der Waals surface area contributed by atoms with Crippen molar-refractivity contribution in [2.75, 3.05) is 0 Å². The van der Waals surface area contributed by atoms with Crippen LogP contribution in [0.2, 0.25) is 10.3 Å². The van der Waals surface area contributed by atoms with Crippen molar-refractivity contribution >= 4 is 29.3 Å². The van der Waals surface area contributed by atoms with Crippen LogP contribution in [0.3, 0.4) is 0 Å². The fourth-order valence-corrected chi connectivity index (χ4v) is 1.35. The van der Waals surface area contributed by atoms with Crippen LogP contribution in [0.4, 0.5) is 8.78 Å². The van der Waals surface area contributed by atoms with Gasteiger partial charge in [0.1, 0.15) is 0 Å². The highest BCUT2D eigenvalue weighted by molar-refractivity contribution is 6.33. The van der Waals surface area contributed by atoms with E-state index in [1.54, 1.807) is 0 Å². The van der Waals surface area contributed by atoms with E-state index in [0.29, 0.717) is 0 Å². The maximum atomic E-state index is 12.8. The van der Waals surface area contributed by atoms with E-state index in [9.17, 15) is 8.78 Å². The number of halogens is 4. The summed E-state index contributed by atoms with van der Waals surface area (Å²) >= 11 is 11.1. The third-order valence-electron chi connectivity index (χ3n) is 1.60. The Morgan fingerprint density at radius 2 is 1.93 bits per heavy atom. The summed E-state index contributed by atoms with van der Waals surface area (Å²) in [6.07, 6.45) is -1.29. The first kappa shape index (κ1) is 9.61. The number of hydrogen-bond acceptors (Lipinski definition) is 3. The molecule has 0 amide bonds. The van der Waals surface area contributed by atoms with Gasteiger partial charge in [0.05, 0.1) is 5.56 Å². The van der Waals surface area contributed by atoms with Crippen molar-refractivity contribution in [3.05, 3.63) is 21.7 Å². The predicted molar refractivity (Wildman–Crippen MR) is 46.7 cm³/mol. The third kappa shape index (κ3) is 1.42. The van der Waals surface area contributed by atoms with Crippen molar-refractivity contribution in [3.63, 3.8) is 0 Å². The molecule has 0 saturated heterocycles. The monoisotopic (exact) mass is 238 g/mol. The zero-order chi connectivity index (χ0) is 10.3. The molecular weight excluding hydrogens is 237 g/mol. The zero-order valence-corrected chi connectivity index (χ0v) is 7.98. The molecule has 0 bridgehead atoms. The lowest BCUT2D eigenvalue weighted by atomic mass is 10.2. The lowest BCUT2D eigenvalue weighted by molar-refractivity contribution is 0.0772. The van der Waals surface area contributed by atoms with E-state index in [1.165, 1.54) is 0 Å². The van der Waals surface area contributed by atoms with E-state index in [1.807, 2.05) is 0 Å². The number of ether oxygens (including phenoxy) is 1. The predicted octanol–water partition coefficient (Wildman–Crippen LogP) is 2.78. The van der Waals surface area contributed by atoms with Crippen LogP contribution in [-0.4, -0.2) is 16.6 Å². The minimum atomic E-state index is -2.17. The first-order valence-corrected chi connectivity index (χ1v) is 4.24. The molecule has 1 aliphatic heterocycles. The molecule has 0 aliphatic carbocycles. The second-order valence-corrected chi connectivity index (χ2v) is 3.20. The van der Waals surface area contributed by atoms with Crippen LogP contribution in [0.1, 0.15) is 5.56 Å². The first-order valence-electron chi connectivity index (χ1n) is 3.49. The van der Waals surface area contributed by atoms with Crippen molar-refractivity contribution in [1.82, 2.24) is 10.2 Å². The Labute approximate surface area is 87.3 Å². The average molecular weight is 239 g/mol. The number of nitrogens with zero attached hydrogens (tertiary/aromatic N) is 2. The number of rotatable bonds is 0. The molecule has 0 N–H and O–H groups in total. The summed E-state index contributed by atoms with van der Waals surface area (Å²) in [5.74, 6) is -1.18. The van der Waals surface area contributed by atoms with Gasteiger partial charge in [-0.3, -0.25) is 0 Å². The van der Waals surface area contributed by atoms with Gasteiger partial charge in [-0.15, -0.1) is 10.2 Å². The largest absolute Gasteiger partial charge is 0.450 e. The van der Waals surface area contributed by atoms with Gasteiger partial charge < -0.3 is 4.74 Å². The summed E-state index contributed by atoms with van der Waals surface area (Å²) in [4.78, 5) is 0. The maximum absolute atomic E-state index is 12.8. The molecule has 14 heavy (non-hydrogen) atoms. The fourth-order valence-electron chi connectivity index (χ4n) is 0.992. The number of fused-ring (bicyclic) bond motifs is 1. The van der Waals surface area contributed by atoms with Crippen LogP contribution in [0.25, 0.3) is 6.08 Å². The summed E-state index contributed by atoms with van der Waals surface area (Å²) in [6.45, 7) is 0. The van der Waals surface area contributed by atoms with Crippen LogP contribution >= 0.6 is 23.2 Å². The lowest BCUT2D eigenvalue weighted by Crippen LogP contribution is -2.16. The third-order valence-corrected chi connectivity index (χ3v) is 2.13. The minimum absolute atomic E-state index is 0.0912. The van der Waals surface area contributed by atoms with Gasteiger partial charge in [-0.05, 0) is 6.08 Å². The van der Waals surface area contributed by atoms with Crippen molar-refractivity contribution < 1.29 is 13.5 Å². The standard InChI is InChI=1S/C7H2Cl2F2N2O/c8-5-2-1-3(10)7(11)14-4(2)6(9)13-12-5/h1,7H. The smallest absolute Gasteiger partial charge is 0.290 e. The minimum Gasteiger partial charge on any atom is -0.450 e. The van der Waals surface area contributed by atoms with E-state index in [0.717, 1.165) is 6.08 Å². The Kier molecular flexibility index (Phi) is 2.28. The van der Waals surface area contributed by atoms with E-state index >= 15 is 0 Å². The quantitative estimate of drug-likeness (QED) is 0.698. The Balaban J connectivity index is 2.64. The molecule has 74 valence electrons. The van der Waals surface area contributed by atoms with Crippen molar-refractivity contribution in [2.24, 2.45) is 0 Å². The molecule has 3 nitrogen and oxygen atoms in total. The second kappa shape index (κ2) is 3.33. The van der Waals surface area contributed by atoms with Gasteiger partial charge in [0.15, 0.2) is 21.9 Å². The average Bonchev–Trinajstić information content (AvgIpc) is 2.15. The Hall–Kier alpha value is -0.940. The maximum Gasteiger partial charge on any atom is 0.290 e. The second-order valence-electron chi connectivity index (χ2n) is 2.49. The molecule has 1 atom stereocenters. The van der Waals surface area contributed by atoms with Gasteiger partial charge >= 0.3 is 0 Å². The summed E-state index contributed by atoms with van der Waals surface area (Å²) in [6, 6.07) is 0. The van der Waals surface area contributed by atoms with Crippen molar-refractivity contribution in [2.45, 2.75) is 6.36 Å². The molecule has 0 spiro atoms. The van der Waals surface area contributed by atoms with Gasteiger partial charge in [-0.25, -0.2) is 4.39 Å². The van der Waals surface area contributed by atoms with Gasteiger partial charge in [0.25, 0.3) is 6.36 Å². The van der Waals surface area contributed by atoms with Gasteiger partial charge in [0, 0.05) is 0 Å². The molecule has 7 heteroatoms. The van der Waals surface area contributed by atoms with Gasteiger partial charge in [-0.1, -0.05) is 23.2 Å². The van der Waals surface area contributed by atoms with Gasteiger partial charge in [-0.2, -0.15) is 4.39 Å². The molecule has 1 aliphatic rings. The topological polar surface area (TPSA) is 35.0 Å². The molecule has 0 aromatic carbocycles. The number of alkyl halides is 1. The molecule has 2 heterocycles. The van der Waals surface area contributed by atoms with Gasteiger partial charge in [0.2, 0.25) is 0 Å². The van der Waals surface area contributed by atoms with Crippen LogP contribution in [0.5, 0.6) is 5.75 Å². The first-order chi connectivity index (χ1) is 6.59. The van der Waals surface area contributed by atoms with E-state index in [-0.39, 0.29) is 21.6 Å². The van der Waals surface area contributed by atoms with Crippen LogP contribution in [-0.2, 0) is 0 Å². The van der Waals surface area contributed by atoms with E-state index in [4.69, 9.17) is 23.2 Å². The summed E-state index contributed by atoms with van der Waals surface area (Å²) in [5.41, 5.74) is 0.0954. The number of aromatic nitrogens is 2. The molecule has 1 unspecified atom stereocenters. The Morgan fingerprint density at radius 3 is 2.64 bits per heavy atom. The summed E-state index contributed by atoms with van der Waals surface area (Å²) in [5, 5.41) is 6.56. The van der Waals surface area contributed by atoms with Crippen LogP contribution in [0.15, 0.2) is 5.83 Å². The highest BCUT2D eigenvalue weighted by Crippen LogP contribution is 2.37. The molecule has 1 aromatic heterocycles. The molecular formula is C7H2Cl2F2N2O. The molecule has 0 fully saturated rings. The molecule has 1 aromatic rings. The fraction of sp³-hybridized carbons (Fsp3) is 0.143. The van der Waals surface area contributed by atoms with E-state index < -0.39 is 12.2 Å². The zero-order valence-electron chi connectivity index (χ0n) is 6.47. The SMILES string of the molecule is FC1=Cc2c(Cl)nnc(Cl)c2OC1F. The van der Waals surface area contributed by atoms with Crippen molar-refractivity contribution in [3.8, 4) is 5.75 Å². The van der Waals surface area contributed by atoms with Crippen molar-refractivity contribution in [1.29, 1.82) is 0 Å². The van der Waals surface area contributed by atoms with Crippen LogP contribution in [0, 0.1) is 0 Å². The molecule has 2 rings (SSSR count). The molecule has 0 radical (unpaired) electrons. The lowest BCUT2D eigenvalue weighted by Gasteiger charge is -2.17. The summed E-state index contributed by atoms with van der Waals surface area (Å²) < 4.78 is 30.1.